The molecule has 0 spiro atoms. The van der Waals surface area contributed by atoms with Crippen LogP contribution in [-0.4, -0.2) is 48.8 Å². The Hall–Kier alpha value is -4.24. The summed E-state index contributed by atoms with van der Waals surface area (Å²) in [5, 5.41) is 12.2. The van der Waals surface area contributed by atoms with Crippen molar-refractivity contribution < 1.29 is 4.74 Å². The van der Waals surface area contributed by atoms with Gasteiger partial charge in [0.25, 0.3) is 0 Å². The van der Waals surface area contributed by atoms with Crippen LogP contribution in [0, 0.1) is 0 Å². The third-order valence-corrected chi connectivity index (χ3v) is 6.13. The fraction of sp³-hybridized carbons (Fsp3) is 0.200. The van der Waals surface area contributed by atoms with Crippen LogP contribution >= 0.6 is 0 Å². The van der Waals surface area contributed by atoms with Crippen LogP contribution in [0.4, 0.5) is 11.6 Å². The number of hydrogen-bond acceptors (Lipinski definition) is 7. The van der Waals surface area contributed by atoms with Gasteiger partial charge < -0.3 is 20.4 Å². The van der Waals surface area contributed by atoms with Gasteiger partial charge in [-0.15, -0.1) is 0 Å². The first kappa shape index (κ1) is 20.4. The fourth-order valence-electron chi connectivity index (χ4n) is 4.32. The number of nitrogens with one attached hydrogen (secondary N) is 3. The van der Waals surface area contributed by atoms with Crippen molar-refractivity contribution in [2.24, 2.45) is 0 Å². The lowest BCUT2D eigenvalue weighted by Gasteiger charge is -2.24. The van der Waals surface area contributed by atoms with E-state index in [0.29, 0.717) is 12.0 Å². The van der Waals surface area contributed by atoms with Gasteiger partial charge >= 0.3 is 0 Å². The molecule has 170 valence electrons. The quantitative estimate of drug-likeness (QED) is 0.355. The minimum Gasteiger partial charge on any atom is -0.382 e. The highest BCUT2D eigenvalue weighted by molar-refractivity contribution is 5.94. The Morgan fingerprint density at radius 2 is 2.00 bits per heavy atom. The molecule has 0 amide bonds. The lowest BCUT2D eigenvalue weighted by molar-refractivity contribution is 0.0819. The van der Waals surface area contributed by atoms with Crippen LogP contribution in [0.5, 0.6) is 0 Å². The molecule has 0 radical (unpaired) electrons. The molecule has 5 aromatic rings. The topological polar surface area (TPSA) is 105 Å². The number of pyridine rings is 2. The molecule has 9 heteroatoms. The molecular formula is C25H24N8O. The number of ether oxygens (including phenoxy) is 1. The maximum absolute atomic E-state index is 5.47. The Labute approximate surface area is 195 Å². The van der Waals surface area contributed by atoms with E-state index in [0.717, 1.165) is 70.7 Å². The Bertz CT molecular complexity index is 1470. The van der Waals surface area contributed by atoms with Gasteiger partial charge in [-0.3, -0.25) is 4.98 Å². The lowest BCUT2D eigenvalue weighted by Crippen LogP contribution is -2.33. The van der Waals surface area contributed by atoms with Gasteiger partial charge in [0.05, 0.1) is 11.7 Å². The molecule has 3 N–H and O–H groups in total. The number of H-pyrrole nitrogens is 1. The zero-order chi connectivity index (χ0) is 22.9. The van der Waals surface area contributed by atoms with E-state index >= 15 is 0 Å². The average molecular weight is 453 g/mol. The second kappa shape index (κ2) is 8.60. The first-order valence-corrected chi connectivity index (χ1v) is 11.3. The third kappa shape index (κ3) is 3.86. The van der Waals surface area contributed by atoms with Crippen LogP contribution in [-0.2, 0) is 4.74 Å². The minimum absolute atomic E-state index is 0.375. The van der Waals surface area contributed by atoms with Crippen molar-refractivity contribution >= 4 is 33.9 Å². The molecule has 0 atom stereocenters. The van der Waals surface area contributed by atoms with Crippen LogP contribution < -0.4 is 10.6 Å². The number of nitrogens with zero attached hydrogens (tertiary/aromatic N) is 5. The number of fused-ring (bicyclic) bond motifs is 2. The molecule has 5 aromatic heterocycles. The second-order valence-electron chi connectivity index (χ2n) is 8.33. The van der Waals surface area contributed by atoms with Gasteiger partial charge in [-0.2, -0.15) is 10.1 Å². The Balaban J connectivity index is 1.30. The molecular weight excluding hydrogens is 428 g/mol. The van der Waals surface area contributed by atoms with Crippen molar-refractivity contribution in [3.8, 4) is 11.1 Å². The molecule has 0 unspecified atom stereocenters. The Morgan fingerprint density at radius 1 is 1.15 bits per heavy atom. The van der Waals surface area contributed by atoms with Crippen LogP contribution in [0.1, 0.15) is 18.4 Å². The molecule has 0 aromatic carbocycles. The normalized spacial score (nSPS) is 14.5. The monoisotopic (exact) mass is 452 g/mol. The predicted octanol–water partition coefficient (Wildman–Crippen LogP) is 4.15. The van der Waals surface area contributed by atoms with Gasteiger partial charge in [0.15, 0.2) is 0 Å². The highest BCUT2D eigenvalue weighted by Crippen LogP contribution is 2.30. The van der Waals surface area contributed by atoms with Crippen LogP contribution in [0.15, 0.2) is 68.0 Å². The molecule has 0 bridgehead atoms. The summed E-state index contributed by atoms with van der Waals surface area (Å²) in [4.78, 5) is 16.4. The SMILES string of the molecule is C=C(NC1CCOCC1)c1cnn2ccc(-c3c[nH]c4nc(Nc5ccncc5)ncc34)cc12. The van der Waals surface area contributed by atoms with E-state index < -0.39 is 0 Å². The van der Waals surface area contributed by atoms with E-state index in [2.05, 4.69) is 48.3 Å². The van der Waals surface area contributed by atoms with Crippen LogP contribution in [0.2, 0.25) is 0 Å². The van der Waals surface area contributed by atoms with E-state index in [1.807, 2.05) is 47.5 Å². The number of aromatic amines is 1. The maximum atomic E-state index is 5.47. The lowest BCUT2D eigenvalue weighted by atomic mass is 10.1. The fourth-order valence-corrected chi connectivity index (χ4v) is 4.32. The molecule has 0 saturated carbocycles. The highest BCUT2D eigenvalue weighted by atomic mass is 16.5. The number of anilines is 2. The molecule has 34 heavy (non-hydrogen) atoms. The molecule has 6 rings (SSSR count). The molecule has 6 heterocycles. The number of aromatic nitrogens is 6. The Morgan fingerprint density at radius 3 is 2.85 bits per heavy atom. The molecule has 9 nitrogen and oxygen atoms in total. The van der Waals surface area contributed by atoms with Crippen LogP contribution in [0.25, 0.3) is 33.4 Å². The van der Waals surface area contributed by atoms with Crippen molar-refractivity contribution in [2.45, 2.75) is 18.9 Å². The van der Waals surface area contributed by atoms with Gasteiger partial charge in [-0.25, -0.2) is 9.50 Å². The summed E-state index contributed by atoms with van der Waals surface area (Å²) in [6.45, 7) is 5.85. The number of rotatable bonds is 6. The maximum Gasteiger partial charge on any atom is 0.229 e. The second-order valence-corrected chi connectivity index (χ2v) is 8.33. The van der Waals surface area contributed by atoms with Crippen molar-refractivity contribution in [2.75, 3.05) is 18.5 Å². The summed E-state index contributed by atoms with van der Waals surface area (Å²) in [6.07, 6.45) is 13.0. The molecule has 1 fully saturated rings. The van der Waals surface area contributed by atoms with Gasteiger partial charge in [0.2, 0.25) is 5.95 Å². The standard InChI is InChI=1S/C25H24N8O/c1-16(30-19-5-10-34-11-6-19)20-15-29-33-9-4-17(12-23(20)33)21-13-27-24-22(21)14-28-25(32-24)31-18-2-7-26-8-3-18/h2-4,7-9,12-15,19,30H,1,5-6,10-11H2,(H2,26,27,28,31,32). The van der Waals surface area contributed by atoms with E-state index in [-0.39, 0.29) is 0 Å². The molecule has 0 aliphatic carbocycles. The molecule has 1 saturated heterocycles. The van der Waals surface area contributed by atoms with E-state index in [1.165, 1.54) is 0 Å². The summed E-state index contributed by atoms with van der Waals surface area (Å²) < 4.78 is 7.34. The highest BCUT2D eigenvalue weighted by Gasteiger charge is 2.17. The van der Waals surface area contributed by atoms with Crippen molar-refractivity contribution in [3.05, 3.63) is 73.6 Å². The Kier molecular flexibility index (Phi) is 5.15. The van der Waals surface area contributed by atoms with Gasteiger partial charge in [-0.1, -0.05) is 6.58 Å². The van der Waals surface area contributed by atoms with Crippen molar-refractivity contribution in [1.29, 1.82) is 0 Å². The van der Waals surface area contributed by atoms with E-state index in [1.54, 1.807) is 12.4 Å². The van der Waals surface area contributed by atoms with E-state index in [4.69, 9.17) is 4.74 Å². The predicted molar refractivity (Wildman–Crippen MR) is 132 cm³/mol. The average Bonchev–Trinajstić information content (AvgIpc) is 3.49. The zero-order valence-electron chi connectivity index (χ0n) is 18.5. The number of hydrogen-bond donors (Lipinski definition) is 3. The van der Waals surface area contributed by atoms with Crippen LogP contribution in [0.3, 0.4) is 0 Å². The largest absolute Gasteiger partial charge is 0.382 e. The third-order valence-electron chi connectivity index (χ3n) is 6.13. The van der Waals surface area contributed by atoms with Crippen molar-refractivity contribution in [1.82, 2.24) is 34.9 Å². The smallest absolute Gasteiger partial charge is 0.229 e. The van der Waals surface area contributed by atoms with Crippen molar-refractivity contribution in [3.63, 3.8) is 0 Å². The zero-order valence-corrected chi connectivity index (χ0v) is 18.5. The van der Waals surface area contributed by atoms with Gasteiger partial charge in [0, 0.05) is 78.1 Å². The first-order chi connectivity index (χ1) is 16.7. The van der Waals surface area contributed by atoms with E-state index in [9.17, 15) is 0 Å². The molecule has 1 aliphatic heterocycles. The van der Waals surface area contributed by atoms with Gasteiger partial charge in [0.1, 0.15) is 5.65 Å². The first-order valence-electron chi connectivity index (χ1n) is 11.3. The van der Waals surface area contributed by atoms with Gasteiger partial charge in [-0.05, 0) is 42.7 Å². The molecule has 1 aliphatic rings. The minimum atomic E-state index is 0.375. The summed E-state index contributed by atoms with van der Waals surface area (Å²) in [6, 6.07) is 8.29. The summed E-state index contributed by atoms with van der Waals surface area (Å²) >= 11 is 0. The summed E-state index contributed by atoms with van der Waals surface area (Å²) in [7, 11) is 0. The summed E-state index contributed by atoms with van der Waals surface area (Å²) in [5.41, 5.74) is 6.60. The summed E-state index contributed by atoms with van der Waals surface area (Å²) in [5.74, 6) is 0.524.